The number of hydrogen-bond donors (Lipinski definition) is 1. The average molecular weight is 197 g/mol. The topological polar surface area (TPSA) is 15.8 Å². The summed E-state index contributed by atoms with van der Waals surface area (Å²) in [5, 5.41) is 0. The van der Waals surface area contributed by atoms with Crippen LogP contribution in [0.3, 0.4) is 0 Å². The fraction of sp³-hybridized carbons (Fsp3) is 0.444. The fourth-order valence-corrected chi connectivity index (χ4v) is 2.99. The van der Waals surface area contributed by atoms with Gasteiger partial charge < -0.3 is 4.98 Å². The summed E-state index contributed by atoms with van der Waals surface area (Å²) in [6.07, 6.45) is 5.12. The van der Waals surface area contributed by atoms with Gasteiger partial charge in [-0.3, -0.25) is 0 Å². The molecule has 1 aromatic rings. The molecule has 0 atom stereocenters. The molecular formula is C9H11NS2. The SMILES string of the molecule is C=c1[nH]c(=S)c(=C2CCCC2)s1. The third-order valence-corrected chi connectivity index (χ3v) is 3.69. The highest BCUT2D eigenvalue weighted by molar-refractivity contribution is 7.71. The largest absolute Gasteiger partial charge is 0.338 e. The normalized spacial score (nSPS) is 17.2. The highest BCUT2D eigenvalue weighted by Crippen LogP contribution is 2.23. The number of aromatic amines is 1. The Morgan fingerprint density at radius 3 is 2.50 bits per heavy atom. The summed E-state index contributed by atoms with van der Waals surface area (Å²) in [6, 6.07) is 0. The molecule has 0 aromatic carbocycles. The standard InChI is InChI=1S/C9H11NS2/c1-6-10-9(11)8(12-6)7-4-2-3-5-7/h1-5H2,(H,10,11). The van der Waals surface area contributed by atoms with E-state index in [0.29, 0.717) is 0 Å². The second-order valence-electron chi connectivity index (χ2n) is 3.12. The Kier molecular flexibility index (Phi) is 2.15. The minimum atomic E-state index is 0.891. The molecule has 12 heavy (non-hydrogen) atoms. The zero-order valence-electron chi connectivity index (χ0n) is 6.85. The van der Waals surface area contributed by atoms with Crippen molar-refractivity contribution in [1.29, 1.82) is 0 Å². The van der Waals surface area contributed by atoms with Gasteiger partial charge in [0, 0.05) is 0 Å². The van der Waals surface area contributed by atoms with E-state index in [0.717, 1.165) is 9.30 Å². The molecule has 1 N–H and O–H groups in total. The summed E-state index contributed by atoms with van der Waals surface area (Å²) >= 11 is 6.91. The van der Waals surface area contributed by atoms with Crippen molar-refractivity contribution in [1.82, 2.24) is 4.98 Å². The number of aromatic nitrogens is 1. The Labute approximate surface area is 80.5 Å². The van der Waals surface area contributed by atoms with Crippen LogP contribution in [0.2, 0.25) is 0 Å². The maximum atomic E-state index is 5.20. The minimum absolute atomic E-state index is 0.891. The number of nitrogens with one attached hydrogen (secondary N) is 1. The summed E-state index contributed by atoms with van der Waals surface area (Å²) in [5.74, 6) is 0. The Bertz CT molecular complexity index is 430. The van der Waals surface area contributed by atoms with Crippen molar-refractivity contribution in [3.63, 3.8) is 0 Å². The lowest BCUT2D eigenvalue weighted by Crippen LogP contribution is -1.98. The van der Waals surface area contributed by atoms with Gasteiger partial charge in [0.2, 0.25) is 0 Å². The maximum absolute atomic E-state index is 5.20. The van der Waals surface area contributed by atoms with Gasteiger partial charge in [0.1, 0.15) is 4.64 Å². The predicted octanol–water partition coefficient (Wildman–Crippen LogP) is 1.94. The molecule has 1 fully saturated rings. The molecule has 0 unspecified atom stereocenters. The van der Waals surface area contributed by atoms with Gasteiger partial charge in [0.15, 0.2) is 0 Å². The van der Waals surface area contributed by atoms with Crippen molar-refractivity contribution >= 4 is 35.7 Å². The van der Waals surface area contributed by atoms with E-state index in [4.69, 9.17) is 12.2 Å². The van der Waals surface area contributed by atoms with Crippen LogP contribution < -0.4 is 9.20 Å². The van der Waals surface area contributed by atoms with Crippen LogP contribution in [0.5, 0.6) is 0 Å². The Morgan fingerprint density at radius 2 is 2.00 bits per heavy atom. The van der Waals surface area contributed by atoms with E-state index >= 15 is 0 Å². The molecule has 64 valence electrons. The molecule has 0 aliphatic heterocycles. The zero-order chi connectivity index (χ0) is 8.55. The first-order chi connectivity index (χ1) is 5.77. The number of H-pyrrole nitrogens is 1. The predicted molar refractivity (Wildman–Crippen MR) is 56.2 cm³/mol. The van der Waals surface area contributed by atoms with Gasteiger partial charge in [-0.25, -0.2) is 0 Å². The molecule has 0 spiro atoms. The van der Waals surface area contributed by atoms with E-state index in [1.807, 2.05) is 0 Å². The van der Waals surface area contributed by atoms with Gasteiger partial charge in [0.05, 0.1) is 9.20 Å². The van der Waals surface area contributed by atoms with Crippen molar-refractivity contribution in [2.45, 2.75) is 25.7 Å². The zero-order valence-corrected chi connectivity index (χ0v) is 8.49. The fourth-order valence-electron chi connectivity index (χ4n) is 1.64. The van der Waals surface area contributed by atoms with Crippen molar-refractivity contribution < 1.29 is 0 Å². The highest BCUT2D eigenvalue weighted by Gasteiger charge is 2.08. The first-order valence-electron chi connectivity index (χ1n) is 4.17. The van der Waals surface area contributed by atoms with Crippen LogP contribution in [0, 0.1) is 4.64 Å². The molecule has 1 aliphatic carbocycles. The summed E-state index contributed by atoms with van der Waals surface area (Å²) < 4.78 is 3.16. The van der Waals surface area contributed by atoms with Crippen molar-refractivity contribution in [3.05, 3.63) is 13.8 Å². The lowest BCUT2D eigenvalue weighted by Gasteiger charge is -1.88. The van der Waals surface area contributed by atoms with Crippen LogP contribution in [0.1, 0.15) is 25.7 Å². The molecule has 1 aliphatic rings. The number of rotatable bonds is 0. The molecule has 1 nitrogen and oxygen atoms in total. The molecule has 0 radical (unpaired) electrons. The van der Waals surface area contributed by atoms with Crippen LogP contribution >= 0.6 is 23.6 Å². The smallest absolute Gasteiger partial charge is 0.121 e. The number of hydrogen-bond acceptors (Lipinski definition) is 2. The van der Waals surface area contributed by atoms with Crippen LogP contribution in [0.4, 0.5) is 0 Å². The van der Waals surface area contributed by atoms with Gasteiger partial charge in [-0.15, -0.1) is 11.3 Å². The van der Waals surface area contributed by atoms with E-state index in [1.165, 1.54) is 35.8 Å². The monoisotopic (exact) mass is 197 g/mol. The van der Waals surface area contributed by atoms with E-state index in [9.17, 15) is 0 Å². The van der Waals surface area contributed by atoms with Crippen molar-refractivity contribution in [3.8, 4) is 0 Å². The summed E-state index contributed by atoms with van der Waals surface area (Å²) in [6.45, 7) is 3.86. The van der Waals surface area contributed by atoms with Crippen molar-refractivity contribution in [2.75, 3.05) is 0 Å². The van der Waals surface area contributed by atoms with Gasteiger partial charge in [-0.1, -0.05) is 18.8 Å². The highest BCUT2D eigenvalue weighted by atomic mass is 32.1. The van der Waals surface area contributed by atoms with Gasteiger partial charge in [0.25, 0.3) is 0 Å². The molecule has 1 saturated carbocycles. The lowest BCUT2D eigenvalue weighted by atomic mass is 10.2. The Morgan fingerprint density at radius 1 is 1.33 bits per heavy atom. The summed E-state index contributed by atoms with van der Waals surface area (Å²) in [7, 11) is 0. The Hall–Kier alpha value is -0.410. The molecule has 2 rings (SSSR count). The lowest BCUT2D eigenvalue weighted by molar-refractivity contribution is 0.886. The third kappa shape index (κ3) is 1.39. The molecule has 3 heteroatoms. The van der Waals surface area contributed by atoms with Crippen LogP contribution in [0.15, 0.2) is 0 Å². The molecule has 0 amide bonds. The van der Waals surface area contributed by atoms with Crippen LogP contribution in [-0.4, -0.2) is 4.98 Å². The average Bonchev–Trinajstić information content (AvgIpc) is 2.58. The van der Waals surface area contributed by atoms with E-state index in [2.05, 4.69) is 11.6 Å². The molecular weight excluding hydrogens is 186 g/mol. The molecule has 1 aromatic heterocycles. The van der Waals surface area contributed by atoms with E-state index < -0.39 is 0 Å². The van der Waals surface area contributed by atoms with E-state index in [1.54, 1.807) is 11.3 Å². The Balaban J connectivity index is 2.72. The molecule has 1 heterocycles. The van der Waals surface area contributed by atoms with Crippen LogP contribution in [-0.2, 0) is 0 Å². The minimum Gasteiger partial charge on any atom is -0.338 e. The quantitative estimate of drug-likeness (QED) is 0.628. The third-order valence-electron chi connectivity index (χ3n) is 2.21. The van der Waals surface area contributed by atoms with Gasteiger partial charge >= 0.3 is 0 Å². The first-order valence-corrected chi connectivity index (χ1v) is 5.40. The first kappa shape index (κ1) is 8.20. The summed E-state index contributed by atoms with van der Waals surface area (Å²) in [5.41, 5.74) is 1.54. The van der Waals surface area contributed by atoms with Crippen molar-refractivity contribution in [2.24, 2.45) is 0 Å². The van der Waals surface area contributed by atoms with Crippen LogP contribution in [0.25, 0.3) is 12.2 Å². The molecule has 0 bridgehead atoms. The maximum Gasteiger partial charge on any atom is 0.121 e. The van der Waals surface area contributed by atoms with Gasteiger partial charge in [-0.2, -0.15) is 0 Å². The molecule has 0 saturated heterocycles. The number of thiazole rings is 1. The van der Waals surface area contributed by atoms with Gasteiger partial charge in [-0.05, 0) is 31.3 Å². The summed E-state index contributed by atoms with van der Waals surface area (Å²) in [4.78, 5) is 3.09. The second-order valence-corrected chi connectivity index (χ2v) is 4.63. The van der Waals surface area contributed by atoms with E-state index in [-0.39, 0.29) is 0 Å². The second kappa shape index (κ2) is 3.15.